The predicted molar refractivity (Wildman–Crippen MR) is 68.9 cm³/mol. The minimum atomic E-state index is -0.637. The average molecular weight is 268 g/mol. The van der Waals surface area contributed by atoms with Crippen molar-refractivity contribution in [1.29, 1.82) is 5.26 Å². The quantitative estimate of drug-likeness (QED) is 0.824. The Labute approximate surface area is 112 Å². The Bertz CT molecular complexity index is 495. The van der Waals surface area contributed by atoms with Crippen molar-refractivity contribution in [3.05, 3.63) is 29.3 Å². The first-order chi connectivity index (χ1) is 8.81. The van der Waals surface area contributed by atoms with E-state index in [1.165, 1.54) is 7.11 Å². The van der Waals surface area contributed by atoms with Crippen LogP contribution in [0.5, 0.6) is 5.75 Å². The van der Waals surface area contributed by atoms with Gasteiger partial charge in [-0.2, -0.15) is 5.26 Å². The second-order valence-electron chi connectivity index (χ2n) is 4.92. The smallest absolute Gasteiger partial charge is 0.165 e. The monoisotopic (exact) mass is 268 g/mol. The van der Waals surface area contributed by atoms with Gasteiger partial charge in [-0.1, -0.05) is 0 Å². The highest BCUT2D eigenvalue weighted by Crippen LogP contribution is 2.22. The molecule has 1 aromatic rings. The van der Waals surface area contributed by atoms with E-state index in [4.69, 9.17) is 10.00 Å². The number of hydrogen-bond donors (Lipinski definition) is 0. The molecule has 1 aromatic carbocycles. The van der Waals surface area contributed by atoms with Crippen molar-refractivity contribution in [3.63, 3.8) is 0 Å². The van der Waals surface area contributed by atoms with E-state index in [2.05, 4.69) is 6.07 Å². The van der Waals surface area contributed by atoms with Crippen LogP contribution in [0.4, 0.5) is 8.78 Å². The second kappa shape index (κ2) is 5.98. The third-order valence-electron chi connectivity index (χ3n) is 3.27. The number of ether oxygens (including phenoxy) is 1. The highest BCUT2D eigenvalue weighted by atomic mass is 19.1. The molecule has 0 saturated carbocycles. The van der Waals surface area contributed by atoms with Crippen molar-refractivity contribution >= 4 is 0 Å². The summed E-state index contributed by atoms with van der Waals surface area (Å²) in [6.07, 6.45) is 0.328. The van der Waals surface area contributed by atoms with Crippen molar-refractivity contribution in [3.8, 4) is 11.8 Å². The molecule has 0 saturated heterocycles. The van der Waals surface area contributed by atoms with Gasteiger partial charge in [0.25, 0.3) is 0 Å². The molecular formula is C14H18F2N2O. The molecule has 0 aliphatic heterocycles. The van der Waals surface area contributed by atoms with Gasteiger partial charge in [-0.3, -0.25) is 4.90 Å². The highest BCUT2D eigenvalue weighted by Gasteiger charge is 2.22. The van der Waals surface area contributed by atoms with E-state index < -0.39 is 17.2 Å². The van der Waals surface area contributed by atoms with Crippen LogP contribution in [0.1, 0.15) is 19.4 Å². The summed E-state index contributed by atoms with van der Waals surface area (Å²) in [6, 6.07) is 4.34. The first kappa shape index (κ1) is 15.4. The molecule has 0 amide bonds. The fraction of sp³-hybridized carbons (Fsp3) is 0.500. The van der Waals surface area contributed by atoms with Gasteiger partial charge in [0.05, 0.1) is 13.2 Å². The van der Waals surface area contributed by atoms with Gasteiger partial charge >= 0.3 is 0 Å². The van der Waals surface area contributed by atoms with E-state index in [9.17, 15) is 8.78 Å². The van der Waals surface area contributed by atoms with Crippen molar-refractivity contribution in [1.82, 2.24) is 4.90 Å². The van der Waals surface area contributed by atoms with Crippen molar-refractivity contribution in [2.24, 2.45) is 0 Å². The molecular weight excluding hydrogens is 250 g/mol. The molecule has 0 aliphatic carbocycles. The Morgan fingerprint density at radius 2 is 1.95 bits per heavy atom. The second-order valence-corrected chi connectivity index (χ2v) is 4.92. The normalized spacial score (nSPS) is 11.5. The van der Waals surface area contributed by atoms with Crippen LogP contribution in [0, 0.1) is 23.0 Å². The Hall–Kier alpha value is -1.67. The van der Waals surface area contributed by atoms with Gasteiger partial charge in [-0.25, -0.2) is 8.78 Å². The van der Waals surface area contributed by atoms with E-state index in [1.807, 2.05) is 0 Å². The van der Waals surface area contributed by atoms with Gasteiger partial charge < -0.3 is 4.74 Å². The molecule has 19 heavy (non-hydrogen) atoms. The van der Waals surface area contributed by atoms with Crippen LogP contribution in [-0.2, 0) is 6.42 Å². The van der Waals surface area contributed by atoms with E-state index in [1.54, 1.807) is 25.8 Å². The molecule has 0 atom stereocenters. The number of nitrogens with zero attached hydrogens (tertiary/aromatic N) is 2. The Balaban J connectivity index is 2.80. The molecule has 0 unspecified atom stereocenters. The zero-order valence-electron chi connectivity index (χ0n) is 11.6. The minimum absolute atomic E-state index is 0.105. The molecule has 1 rings (SSSR count). The van der Waals surface area contributed by atoms with Crippen molar-refractivity contribution in [2.75, 3.05) is 20.7 Å². The van der Waals surface area contributed by atoms with Crippen molar-refractivity contribution in [2.45, 2.75) is 25.8 Å². The van der Waals surface area contributed by atoms with Gasteiger partial charge in [0.2, 0.25) is 0 Å². The summed E-state index contributed by atoms with van der Waals surface area (Å²) >= 11 is 0. The number of hydrogen-bond acceptors (Lipinski definition) is 3. The maximum Gasteiger partial charge on any atom is 0.165 e. The lowest BCUT2D eigenvalue weighted by Gasteiger charge is -2.28. The Morgan fingerprint density at radius 3 is 2.47 bits per heavy atom. The predicted octanol–water partition coefficient (Wildman–Crippen LogP) is 2.75. The highest BCUT2D eigenvalue weighted by molar-refractivity contribution is 5.31. The van der Waals surface area contributed by atoms with Gasteiger partial charge in [-0.15, -0.1) is 0 Å². The maximum atomic E-state index is 13.7. The molecule has 0 aromatic heterocycles. The fourth-order valence-corrected chi connectivity index (χ4v) is 1.57. The lowest BCUT2D eigenvalue weighted by molar-refractivity contribution is 0.213. The molecule has 0 N–H and O–H groups in total. The number of likely N-dealkylation sites (N-methyl/N-ethyl adjacent to an activating group) is 1. The third kappa shape index (κ3) is 3.65. The number of nitriles is 1. The van der Waals surface area contributed by atoms with Crippen LogP contribution in [0.2, 0.25) is 0 Å². The molecule has 5 heteroatoms. The molecule has 0 aliphatic rings. The minimum Gasteiger partial charge on any atom is -0.494 e. The third-order valence-corrected chi connectivity index (χ3v) is 3.27. The number of rotatable bonds is 5. The average Bonchev–Trinajstić information content (AvgIpc) is 2.38. The summed E-state index contributed by atoms with van der Waals surface area (Å²) < 4.78 is 31.9. The van der Waals surface area contributed by atoms with Gasteiger partial charge in [-0.05, 0) is 38.9 Å². The fourth-order valence-electron chi connectivity index (χ4n) is 1.57. The van der Waals surface area contributed by atoms with Gasteiger partial charge in [0.1, 0.15) is 11.4 Å². The molecule has 0 radical (unpaired) electrons. The summed E-state index contributed by atoms with van der Waals surface area (Å²) in [5, 5.41) is 8.99. The standard InChI is InChI=1S/C14H18F2N2O/c1-14(2,9-17)18(3)6-5-10-7-12(16)13(19-4)8-11(10)15/h7-8H,5-6H2,1-4H3. The van der Waals surface area contributed by atoms with E-state index >= 15 is 0 Å². The van der Waals surface area contributed by atoms with Crippen LogP contribution >= 0.6 is 0 Å². The summed E-state index contributed by atoms with van der Waals surface area (Å²) in [5.74, 6) is -1.19. The van der Waals surface area contributed by atoms with E-state index in [-0.39, 0.29) is 11.3 Å². The molecule has 104 valence electrons. The summed E-state index contributed by atoms with van der Waals surface area (Å²) in [6.45, 7) is 4.01. The number of benzene rings is 1. The van der Waals surface area contributed by atoms with E-state index in [0.29, 0.717) is 13.0 Å². The largest absolute Gasteiger partial charge is 0.494 e. The Kier molecular flexibility index (Phi) is 4.84. The Morgan fingerprint density at radius 1 is 1.32 bits per heavy atom. The van der Waals surface area contributed by atoms with Gasteiger partial charge in [0.15, 0.2) is 11.6 Å². The zero-order valence-corrected chi connectivity index (χ0v) is 11.6. The van der Waals surface area contributed by atoms with Crippen LogP contribution in [0.25, 0.3) is 0 Å². The molecule has 0 bridgehead atoms. The first-order valence-corrected chi connectivity index (χ1v) is 5.96. The number of methoxy groups -OCH3 is 1. The van der Waals surface area contributed by atoms with Crippen LogP contribution in [0.15, 0.2) is 12.1 Å². The van der Waals surface area contributed by atoms with Crippen LogP contribution < -0.4 is 4.74 Å². The van der Waals surface area contributed by atoms with Crippen molar-refractivity contribution < 1.29 is 13.5 Å². The molecule has 0 spiro atoms. The number of halogens is 2. The first-order valence-electron chi connectivity index (χ1n) is 5.96. The lowest BCUT2D eigenvalue weighted by Crippen LogP contribution is -2.40. The topological polar surface area (TPSA) is 36.3 Å². The zero-order chi connectivity index (χ0) is 14.6. The molecule has 3 nitrogen and oxygen atoms in total. The van der Waals surface area contributed by atoms with Crippen LogP contribution in [-0.4, -0.2) is 31.1 Å². The lowest BCUT2D eigenvalue weighted by atomic mass is 10.0. The molecule has 0 heterocycles. The summed E-state index contributed by atoms with van der Waals surface area (Å²) in [7, 11) is 3.07. The van der Waals surface area contributed by atoms with Crippen LogP contribution in [0.3, 0.4) is 0 Å². The SMILES string of the molecule is COc1cc(F)c(CCN(C)C(C)(C)C#N)cc1F. The summed E-state index contributed by atoms with van der Waals surface area (Å²) in [5.41, 5.74) is -0.361. The van der Waals surface area contributed by atoms with Gasteiger partial charge in [0, 0.05) is 12.6 Å². The maximum absolute atomic E-state index is 13.7. The van der Waals surface area contributed by atoms with E-state index in [0.717, 1.165) is 12.1 Å². The molecule has 0 fully saturated rings. The summed E-state index contributed by atoms with van der Waals surface area (Å²) in [4.78, 5) is 1.80.